The number of thiophene rings is 1. The largest absolute Gasteiger partial charge is 0.478 e. The Hall–Kier alpha value is -2.18. The lowest BCUT2D eigenvalue weighted by molar-refractivity contribution is 0.0697. The van der Waals surface area contributed by atoms with Crippen molar-refractivity contribution in [2.45, 2.75) is 12.3 Å². The quantitative estimate of drug-likeness (QED) is 0.908. The third-order valence-corrected chi connectivity index (χ3v) is 4.48. The van der Waals surface area contributed by atoms with Crippen molar-refractivity contribution in [2.75, 3.05) is 18.5 Å². The van der Waals surface area contributed by atoms with E-state index in [1.807, 2.05) is 18.2 Å². The van der Waals surface area contributed by atoms with E-state index in [-0.39, 0.29) is 11.5 Å². The van der Waals surface area contributed by atoms with Gasteiger partial charge in [-0.05, 0) is 30.2 Å². The van der Waals surface area contributed by atoms with E-state index >= 15 is 0 Å². The van der Waals surface area contributed by atoms with Crippen LogP contribution in [0.1, 0.15) is 38.6 Å². The number of rotatable bonds is 4. The van der Waals surface area contributed by atoms with Crippen LogP contribution < -0.4 is 5.32 Å². The van der Waals surface area contributed by atoms with Gasteiger partial charge in [0.15, 0.2) is 0 Å². The van der Waals surface area contributed by atoms with E-state index in [2.05, 4.69) is 5.32 Å². The van der Waals surface area contributed by atoms with Gasteiger partial charge in [-0.2, -0.15) is 0 Å². The second-order valence-corrected chi connectivity index (χ2v) is 6.06. The third kappa shape index (κ3) is 3.18. The van der Waals surface area contributed by atoms with Crippen molar-refractivity contribution >= 4 is 28.2 Å². The molecule has 1 aromatic heterocycles. The molecule has 1 unspecified atom stereocenters. The average molecular weight is 317 g/mol. The molecule has 0 radical (unpaired) electrons. The van der Waals surface area contributed by atoms with Crippen LogP contribution in [0.25, 0.3) is 0 Å². The van der Waals surface area contributed by atoms with Gasteiger partial charge in [0.2, 0.25) is 0 Å². The molecular weight excluding hydrogens is 302 g/mol. The summed E-state index contributed by atoms with van der Waals surface area (Å²) in [7, 11) is 0. The fourth-order valence-electron chi connectivity index (χ4n) is 2.43. The van der Waals surface area contributed by atoms with Crippen molar-refractivity contribution in [3.8, 4) is 0 Å². The van der Waals surface area contributed by atoms with Gasteiger partial charge in [0.05, 0.1) is 17.2 Å². The molecule has 0 aliphatic carbocycles. The van der Waals surface area contributed by atoms with Crippen LogP contribution in [-0.4, -0.2) is 30.2 Å². The van der Waals surface area contributed by atoms with E-state index in [1.165, 1.54) is 22.8 Å². The zero-order valence-electron chi connectivity index (χ0n) is 11.7. The summed E-state index contributed by atoms with van der Waals surface area (Å²) in [4.78, 5) is 23.1. The molecule has 114 valence electrons. The third-order valence-electron chi connectivity index (χ3n) is 3.63. The summed E-state index contributed by atoms with van der Waals surface area (Å²) < 4.78 is 5.38. The van der Waals surface area contributed by atoms with Crippen molar-refractivity contribution in [1.29, 1.82) is 0 Å². The normalized spacial score (nSPS) is 17.4. The van der Waals surface area contributed by atoms with Crippen molar-refractivity contribution in [3.63, 3.8) is 0 Å². The number of carboxylic acid groups (broad SMARTS) is 1. The monoisotopic (exact) mass is 317 g/mol. The zero-order chi connectivity index (χ0) is 15.5. The highest BCUT2D eigenvalue weighted by Gasteiger charge is 2.19. The Bertz CT molecular complexity index is 704. The van der Waals surface area contributed by atoms with E-state index in [0.717, 1.165) is 18.6 Å². The highest BCUT2D eigenvalue weighted by Crippen LogP contribution is 2.26. The molecule has 0 saturated carbocycles. The molecule has 22 heavy (non-hydrogen) atoms. The van der Waals surface area contributed by atoms with Crippen LogP contribution >= 0.6 is 11.3 Å². The van der Waals surface area contributed by atoms with Crippen molar-refractivity contribution in [1.82, 2.24) is 0 Å². The summed E-state index contributed by atoms with van der Waals surface area (Å²) in [6.07, 6.45) is 0.970. The first-order chi connectivity index (χ1) is 10.6. The number of carbonyl (C=O) groups is 2. The summed E-state index contributed by atoms with van der Waals surface area (Å²) in [5, 5.41) is 13.7. The fourth-order valence-corrected chi connectivity index (χ4v) is 3.20. The number of carboxylic acids is 1. The first-order valence-corrected chi connectivity index (χ1v) is 7.82. The predicted octanol–water partition coefficient (Wildman–Crippen LogP) is 3.20. The Kier molecular flexibility index (Phi) is 4.22. The topological polar surface area (TPSA) is 75.6 Å². The Morgan fingerprint density at radius 3 is 2.82 bits per heavy atom. The van der Waals surface area contributed by atoms with Crippen LogP contribution in [0.5, 0.6) is 0 Å². The molecule has 2 heterocycles. The van der Waals surface area contributed by atoms with Crippen LogP contribution in [0, 0.1) is 0 Å². The average Bonchev–Trinajstić information content (AvgIpc) is 3.19. The molecule has 0 bridgehead atoms. The minimum Gasteiger partial charge on any atom is -0.478 e. The molecule has 1 aromatic carbocycles. The molecule has 1 aliphatic rings. The van der Waals surface area contributed by atoms with Gasteiger partial charge in [-0.3, -0.25) is 4.79 Å². The van der Waals surface area contributed by atoms with Crippen LogP contribution in [0.15, 0.2) is 35.7 Å². The van der Waals surface area contributed by atoms with Crippen molar-refractivity contribution in [3.05, 3.63) is 52.4 Å². The highest BCUT2D eigenvalue weighted by atomic mass is 32.1. The van der Waals surface area contributed by atoms with E-state index in [4.69, 9.17) is 9.84 Å². The number of aromatic carboxylic acids is 1. The lowest BCUT2D eigenvalue weighted by Gasteiger charge is -2.10. The summed E-state index contributed by atoms with van der Waals surface area (Å²) in [6, 6.07) is 8.95. The van der Waals surface area contributed by atoms with E-state index in [0.29, 0.717) is 23.1 Å². The lowest BCUT2D eigenvalue weighted by Crippen LogP contribution is -2.11. The van der Waals surface area contributed by atoms with Crippen molar-refractivity contribution < 1.29 is 19.4 Å². The van der Waals surface area contributed by atoms with Gasteiger partial charge in [0, 0.05) is 23.5 Å². The second-order valence-electron chi connectivity index (χ2n) is 5.14. The van der Waals surface area contributed by atoms with Crippen LogP contribution in [0.3, 0.4) is 0 Å². The first-order valence-electron chi connectivity index (χ1n) is 6.94. The smallest absolute Gasteiger partial charge is 0.336 e. The lowest BCUT2D eigenvalue weighted by atomic mass is 9.96. The maximum Gasteiger partial charge on any atom is 0.336 e. The molecule has 1 amide bonds. The molecule has 5 nitrogen and oxygen atoms in total. The number of ether oxygens (including phenoxy) is 1. The molecule has 3 rings (SSSR count). The van der Waals surface area contributed by atoms with Gasteiger partial charge in [-0.25, -0.2) is 4.79 Å². The highest BCUT2D eigenvalue weighted by molar-refractivity contribution is 7.14. The minimum atomic E-state index is -1.00. The number of hydrogen-bond donors (Lipinski definition) is 2. The van der Waals surface area contributed by atoms with Gasteiger partial charge >= 0.3 is 5.97 Å². The molecule has 2 aromatic rings. The van der Waals surface area contributed by atoms with Gasteiger partial charge < -0.3 is 15.2 Å². The Balaban J connectivity index is 1.73. The summed E-state index contributed by atoms with van der Waals surface area (Å²) in [6.45, 7) is 1.45. The summed E-state index contributed by atoms with van der Waals surface area (Å²) in [5.41, 5.74) is 1.84. The molecule has 1 saturated heterocycles. The fraction of sp³-hybridized carbons (Fsp3) is 0.250. The molecule has 1 atom stereocenters. The second kappa shape index (κ2) is 6.29. The predicted molar refractivity (Wildman–Crippen MR) is 83.9 cm³/mol. The summed E-state index contributed by atoms with van der Waals surface area (Å²) >= 11 is 1.20. The Labute approximate surface area is 131 Å². The molecular formula is C16H15NO4S. The number of carbonyl (C=O) groups excluding carboxylic acids is 1. The number of nitrogens with one attached hydrogen (secondary N) is 1. The van der Waals surface area contributed by atoms with Crippen molar-refractivity contribution in [2.24, 2.45) is 0 Å². The number of benzene rings is 1. The first kappa shape index (κ1) is 14.7. The van der Waals surface area contributed by atoms with Crippen LogP contribution in [-0.2, 0) is 4.74 Å². The molecule has 6 heteroatoms. The zero-order valence-corrected chi connectivity index (χ0v) is 12.6. The Morgan fingerprint density at radius 2 is 2.14 bits per heavy atom. The number of hydrogen-bond acceptors (Lipinski definition) is 4. The minimum absolute atomic E-state index is 0.178. The van der Waals surface area contributed by atoms with Crippen LogP contribution in [0.2, 0.25) is 0 Å². The van der Waals surface area contributed by atoms with Crippen LogP contribution in [0.4, 0.5) is 5.00 Å². The van der Waals surface area contributed by atoms with Gasteiger partial charge in [-0.15, -0.1) is 11.3 Å². The maximum absolute atomic E-state index is 12.3. The van der Waals surface area contributed by atoms with E-state index < -0.39 is 5.97 Å². The van der Waals surface area contributed by atoms with Gasteiger partial charge in [0.1, 0.15) is 0 Å². The maximum atomic E-state index is 12.3. The molecule has 2 N–H and O–H groups in total. The molecule has 1 aliphatic heterocycles. The van der Waals surface area contributed by atoms with E-state index in [1.54, 1.807) is 6.07 Å². The number of anilines is 1. The number of amides is 1. The Morgan fingerprint density at radius 1 is 1.27 bits per heavy atom. The summed E-state index contributed by atoms with van der Waals surface area (Å²) in [5.74, 6) is -0.896. The standard InChI is InChI=1S/C16H15NO4S/c18-15(17-14-7-13(9-22-14)16(19)20)11-3-1-2-10(6-11)12-4-5-21-8-12/h1-3,6-7,9,12H,4-5,8H2,(H,17,18)(H,19,20). The SMILES string of the molecule is O=C(O)c1csc(NC(=O)c2cccc(C3CCOC3)c2)c1. The molecule has 1 fully saturated rings. The van der Waals surface area contributed by atoms with Gasteiger partial charge in [0.25, 0.3) is 5.91 Å². The molecule has 0 spiro atoms. The van der Waals surface area contributed by atoms with Gasteiger partial charge in [-0.1, -0.05) is 12.1 Å². The van der Waals surface area contributed by atoms with E-state index in [9.17, 15) is 9.59 Å².